The normalized spacial score (nSPS) is 25.9. The van der Waals surface area contributed by atoms with E-state index >= 15 is 0 Å². The molecule has 0 spiro atoms. The van der Waals surface area contributed by atoms with Crippen LogP contribution in [0.25, 0.3) is 0 Å². The van der Waals surface area contributed by atoms with Gasteiger partial charge in [-0.25, -0.2) is 0 Å². The first-order valence-electron chi connectivity index (χ1n) is 11.2. The lowest BCUT2D eigenvalue weighted by molar-refractivity contribution is -0.918. The minimum Gasteiger partial charge on any atom is -0.350 e. The number of likely N-dealkylation sites (tertiary alicyclic amines) is 2. The molecular weight excluding hydrogens is 366 g/mol. The highest BCUT2D eigenvalue weighted by Gasteiger charge is 2.47. The van der Waals surface area contributed by atoms with E-state index in [9.17, 15) is 14.4 Å². The molecule has 0 radical (unpaired) electrons. The molecule has 2 aliphatic heterocycles. The Bertz CT molecular complexity index is 721. The Hall–Kier alpha value is -2.21. The maximum Gasteiger partial charge on any atom is 0.233 e. The van der Waals surface area contributed by atoms with Crippen LogP contribution < -0.4 is 10.2 Å². The lowest BCUT2D eigenvalue weighted by Gasteiger charge is -2.25. The van der Waals surface area contributed by atoms with Crippen LogP contribution in [0.4, 0.5) is 0 Å². The predicted octanol–water partition coefficient (Wildman–Crippen LogP) is 1.09. The molecule has 3 fully saturated rings. The smallest absolute Gasteiger partial charge is 0.233 e. The zero-order valence-electron chi connectivity index (χ0n) is 17.1. The van der Waals surface area contributed by atoms with Gasteiger partial charge in [0.15, 0.2) is 0 Å². The predicted molar refractivity (Wildman–Crippen MR) is 109 cm³/mol. The largest absolute Gasteiger partial charge is 0.350 e. The van der Waals surface area contributed by atoms with Crippen LogP contribution in [-0.2, 0) is 14.4 Å². The van der Waals surface area contributed by atoms with E-state index in [1.807, 2.05) is 18.2 Å². The molecule has 1 aromatic carbocycles. The van der Waals surface area contributed by atoms with E-state index in [2.05, 4.69) is 17.4 Å². The second kappa shape index (κ2) is 9.08. The van der Waals surface area contributed by atoms with E-state index in [4.69, 9.17) is 0 Å². The molecular formula is C23H32N3O3+. The van der Waals surface area contributed by atoms with Crippen LogP contribution in [0.1, 0.15) is 56.6 Å². The van der Waals surface area contributed by atoms with Crippen molar-refractivity contribution >= 4 is 17.7 Å². The summed E-state index contributed by atoms with van der Waals surface area (Å²) in [4.78, 5) is 40.5. The minimum absolute atomic E-state index is 0.0591. The molecule has 3 amide bonds. The van der Waals surface area contributed by atoms with Crippen LogP contribution in [-0.4, -0.2) is 48.8 Å². The van der Waals surface area contributed by atoms with E-state index in [0.29, 0.717) is 6.54 Å². The van der Waals surface area contributed by atoms with Gasteiger partial charge in [-0.05, 0) is 12.8 Å². The number of benzene rings is 1. The first-order valence-corrected chi connectivity index (χ1v) is 11.2. The van der Waals surface area contributed by atoms with Crippen LogP contribution in [0.2, 0.25) is 0 Å². The summed E-state index contributed by atoms with van der Waals surface area (Å²) in [6.45, 7) is 3.07. The fourth-order valence-electron chi connectivity index (χ4n) is 5.33. The van der Waals surface area contributed by atoms with Gasteiger partial charge in [0.2, 0.25) is 17.7 Å². The number of carbonyl (C=O) groups excluding carboxylic acids is 3. The average Bonchev–Trinajstić information content (AvgIpc) is 3.36. The Kier molecular flexibility index (Phi) is 6.28. The Labute approximate surface area is 172 Å². The lowest BCUT2D eigenvalue weighted by Crippen LogP contribution is -3.11. The molecule has 0 bridgehead atoms. The highest BCUT2D eigenvalue weighted by Crippen LogP contribution is 2.37. The van der Waals surface area contributed by atoms with Crippen LogP contribution in [0, 0.1) is 11.8 Å². The molecule has 2 saturated heterocycles. The molecule has 6 nitrogen and oxygen atoms in total. The molecule has 3 atom stereocenters. The van der Waals surface area contributed by atoms with Crippen LogP contribution in [0.15, 0.2) is 30.3 Å². The topological polar surface area (TPSA) is 70.9 Å². The summed E-state index contributed by atoms with van der Waals surface area (Å²) >= 11 is 0. The van der Waals surface area contributed by atoms with Crippen molar-refractivity contribution in [3.05, 3.63) is 35.9 Å². The van der Waals surface area contributed by atoms with Crippen LogP contribution in [0.5, 0.6) is 0 Å². The monoisotopic (exact) mass is 398 g/mol. The average molecular weight is 399 g/mol. The standard InChI is InChI=1S/C23H31N3O3/c27-21(12-15-26-22(28)18-10-4-5-11-19(18)23(26)29)24-16-20(25-13-6-7-14-25)17-8-2-1-3-9-17/h1-3,8-9,18-20H,4-7,10-16H2,(H,24,27)/p+1/t18-,19+,20-/m1/s1. The third kappa shape index (κ3) is 4.37. The molecule has 0 aromatic heterocycles. The van der Waals surface area contributed by atoms with Crippen molar-refractivity contribution in [1.82, 2.24) is 10.2 Å². The molecule has 2 heterocycles. The number of nitrogens with zero attached hydrogens (tertiary/aromatic N) is 1. The van der Waals surface area contributed by atoms with Crippen molar-refractivity contribution in [3.63, 3.8) is 0 Å². The van der Waals surface area contributed by atoms with Gasteiger partial charge < -0.3 is 10.2 Å². The molecule has 3 aliphatic rings. The summed E-state index contributed by atoms with van der Waals surface area (Å²) in [6, 6.07) is 10.6. The fourth-order valence-corrected chi connectivity index (χ4v) is 5.33. The molecule has 2 N–H and O–H groups in total. The van der Waals surface area contributed by atoms with E-state index in [0.717, 1.165) is 38.8 Å². The van der Waals surface area contributed by atoms with Gasteiger partial charge in [-0.15, -0.1) is 0 Å². The first kappa shape index (κ1) is 20.1. The van der Waals surface area contributed by atoms with Crippen molar-refractivity contribution in [3.8, 4) is 0 Å². The van der Waals surface area contributed by atoms with Gasteiger partial charge in [0, 0.05) is 31.4 Å². The van der Waals surface area contributed by atoms with Crippen molar-refractivity contribution < 1.29 is 19.3 Å². The third-order valence-corrected chi connectivity index (χ3v) is 6.94. The van der Waals surface area contributed by atoms with E-state index < -0.39 is 0 Å². The summed E-state index contributed by atoms with van der Waals surface area (Å²) in [5.41, 5.74) is 1.25. The van der Waals surface area contributed by atoms with Gasteiger partial charge in [-0.1, -0.05) is 43.2 Å². The Morgan fingerprint density at radius 3 is 2.24 bits per heavy atom. The maximum atomic E-state index is 12.6. The van der Waals surface area contributed by atoms with Crippen LogP contribution >= 0.6 is 0 Å². The van der Waals surface area contributed by atoms with Crippen molar-refractivity contribution in [2.45, 2.75) is 51.0 Å². The number of hydrogen-bond acceptors (Lipinski definition) is 3. The summed E-state index contributed by atoms with van der Waals surface area (Å²) < 4.78 is 0. The number of imide groups is 1. The highest BCUT2D eigenvalue weighted by molar-refractivity contribution is 6.05. The lowest BCUT2D eigenvalue weighted by atomic mass is 9.81. The SMILES string of the molecule is O=C(CCN1C(=O)[C@H]2CCCC[C@H]2C1=O)NC[C@H](c1ccccc1)[NH+]1CCCC1. The Balaban J connectivity index is 1.31. The number of hydrogen-bond donors (Lipinski definition) is 2. The van der Waals surface area contributed by atoms with Crippen molar-refractivity contribution in [2.75, 3.05) is 26.2 Å². The van der Waals surface area contributed by atoms with Gasteiger partial charge in [0.1, 0.15) is 6.04 Å². The van der Waals surface area contributed by atoms with Gasteiger partial charge in [-0.2, -0.15) is 0 Å². The highest BCUT2D eigenvalue weighted by atomic mass is 16.2. The van der Waals surface area contributed by atoms with Crippen molar-refractivity contribution in [2.24, 2.45) is 11.8 Å². The number of nitrogens with one attached hydrogen (secondary N) is 2. The van der Waals surface area contributed by atoms with E-state index in [1.54, 1.807) is 0 Å². The Morgan fingerprint density at radius 1 is 1.00 bits per heavy atom. The molecule has 4 rings (SSSR count). The molecule has 1 aliphatic carbocycles. The number of amides is 3. The fraction of sp³-hybridized carbons (Fsp3) is 0.609. The molecule has 29 heavy (non-hydrogen) atoms. The second-order valence-corrected chi connectivity index (χ2v) is 8.71. The molecule has 0 unspecified atom stereocenters. The van der Waals surface area contributed by atoms with Gasteiger partial charge in [0.25, 0.3) is 0 Å². The summed E-state index contributed by atoms with van der Waals surface area (Å²) in [6.07, 6.45) is 6.32. The zero-order chi connectivity index (χ0) is 20.2. The summed E-state index contributed by atoms with van der Waals surface area (Å²) in [7, 11) is 0. The van der Waals surface area contributed by atoms with Gasteiger partial charge >= 0.3 is 0 Å². The molecule has 6 heteroatoms. The third-order valence-electron chi connectivity index (χ3n) is 6.94. The van der Waals surface area contributed by atoms with Crippen molar-refractivity contribution in [1.29, 1.82) is 0 Å². The summed E-state index contributed by atoms with van der Waals surface area (Å²) in [5, 5.41) is 3.07. The first-order chi connectivity index (χ1) is 14.1. The van der Waals surface area contributed by atoms with Gasteiger partial charge in [0.05, 0.1) is 31.5 Å². The number of fused-ring (bicyclic) bond motifs is 1. The Morgan fingerprint density at radius 2 is 1.62 bits per heavy atom. The molecule has 1 aromatic rings. The van der Waals surface area contributed by atoms with Gasteiger partial charge in [-0.3, -0.25) is 19.3 Å². The second-order valence-electron chi connectivity index (χ2n) is 8.71. The zero-order valence-corrected chi connectivity index (χ0v) is 17.1. The minimum atomic E-state index is -0.138. The van der Waals surface area contributed by atoms with Crippen LogP contribution in [0.3, 0.4) is 0 Å². The van der Waals surface area contributed by atoms with E-state index in [1.165, 1.54) is 28.2 Å². The molecule has 1 saturated carbocycles. The number of quaternary nitrogens is 1. The molecule has 156 valence electrons. The maximum absolute atomic E-state index is 12.6. The summed E-state index contributed by atoms with van der Waals surface area (Å²) in [5.74, 6) is -0.478. The number of carbonyl (C=O) groups is 3. The number of rotatable bonds is 7. The quantitative estimate of drug-likeness (QED) is 0.676. The van der Waals surface area contributed by atoms with E-state index in [-0.39, 0.29) is 48.6 Å².